The number of nitrogens with two attached hydrogens (primary N) is 1. The van der Waals surface area contributed by atoms with Crippen molar-refractivity contribution in [3.05, 3.63) is 53.8 Å². The van der Waals surface area contributed by atoms with Gasteiger partial charge >= 0.3 is 0 Å². The van der Waals surface area contributed by atoms with Crippen molar-refractivity contribution < 1.29 is 13.9 Å². The molecule has 4 aromatic rings. The van der Waals surface area contributed by atoms with Gasteiger partial charge in [-0.15, -0.1) is 11.3 Å². The summed E-state index contributed by atoms with van der Waals surface area (Å²) in [7, 11) is 0. The molecule has 1 amide bonds. The maximum absolute atomic E-state index is 13.4. The zero-order chi connectivity index (χ0) is 22.2. The fourth-order valence-electron chi connectivity index (χ4n) is 3.65. The summed E-state index contributed by atoms with van der Waals surface area (Å²) in [6, 6.07) is 3.17. The zero-order valence-electron chi connectivity index (χ0n) is 17.2. The van der Waals surface area contributed by atoms with Crippen LogP contribution in [-0.2, 0) is 4.74 Å². The molecule has 2 N–H and O–H groups in total. The van der Waals surface area contributed by atoms with Gasteiger partial charge in [0.2, 0.25) is 0 Å². The van der Waals surface area contributed by atoms with E-state index < -0.39 is 11.7 Å². The van der Waals surface area contributed by atoms with Gasteiger partial charge in [0, 0.05) is 23.7 Å². The van der Waals surface area contributed by atoms with Crippen molar-refractivity contribution in [2.24, 2.45) is 5.73 Å². The molecule has 1 aliphatic rings. The van der Waals surface area contributed by atoms with Gasteiger partial charge in [-0.2, -0.15) is 10.2 Å². The maximum Gasteiger partial charge on any atom is 0.268 e. The Kier molecular flexibility index (Phi) is 5.27. The lowest BCUT2D eigenvalue weighted by Gasteiger charge is -2.34. The summed E-state index contributed by atoms with van der Waals surface area (Å²) in [6.45, 7) is 2.68. The average molecular weight is 454 g/mol. The molecule has 9 nitrogen and oxygen atoms in total. The molecule has 0 unspecified atom stereocenters. The van der Waals surface area contributed by atoms with Crippen molar-refractivity contribution in [2.45, 2.75) is 31.9 Å². The van der Waals surface area contributed by atoms with Gasteiger partial charge < -0.3 is 10.5 Å². The van der Waals surface area contributed by atoms with Crippen LogP contribution in [-0.4, -0.2) is 48.1 Å². The third-order valence-corrected chi connectivity index (χ3v) is 6.25. The molecule has 11 heteroatoms. The van der Waals surface area contributed by atoms with Crippen LogP contribution in [0.4, 0.5) is 4.39 Å². The third kappa shape index (κ3) is 3.80. The van der Waals surface area contributed by atoms with Gasteiger partial charge in [0.05, 0.1) is 36.4 Å². The molecule has 1 fully saturated rings. The summed E-state index contributed by atoms with van der Waals surface area (Å²) in [4.78, 5) is 19.8. The summed E-state index contributed by atoms with van der Waals surface area (Å²) in [5.41, 5.74) is 8.12. The van der Waals surface area contributed by atoms with Crippen molar-refractivity contribution in [1.29, 1.82) is 0 Å². The minimum absolute atomic E-state index is 0.214. The predicted octanol–water partition coefficient (Wildman–Crippen LogP) is 3.23. The molecule has 0 spiro atoms. The van der Waals surface area contributed by atoms with Gasteiger partial charge in [0.25, 0.3) is 5.91 Å². The number of hydrogen-bond donors (Lipinski definition) is 1. The molecule has 0 radical (unpaired) electrons. The van der Waals surface area contributed by atoms with E-state index >= 15 is 0 Å². The first kappa shape index (κ1) is 20.5. The number of halogens is 1. The van der Waals surface area contributed by atoms with Crippen LogP contribution in [0.15, 0.2) is 42.3 Å². The highest BCUT2D eigenvalue weighted by Crippen LogP contribution is 2.36. The first-order valence-electron chi connectivity index (χ1n) is 10.1. The molecule has 0 aromatic carbocycles. The third-order valence-electron chi connectivity index (χ3n) is 5.36. The van der Waals surface area contributed by atoms with Crippen LogP contribution in [0.2, 0.25) is 0 Å². The lowest BCUT2D eigenvalue weighted by atomic mass is 9.89. The number of primary amides is 1. The van der Waals surface area contributed by atoms with Crippen LogP contribution in [0.1, 0.15) is 36.3 Å². The molecule has 0 bridgehead atoms. The quantitative estimate of drug-likeness (QED) is 0.460. The average Bonchev–Trinajstić information content (AvgIpc) is 3.49. The van der Waals surface area contributed by atoms with E-state index in [2.05, 4.69) is 15.1 Å². The van der Waals surface area contributed by atoms with E-state index in [1.165, 1.54) is 23.6 Å². The molecular weight excluding hydrogens is 433 g/mol. The number of ether oxygens (including phenoxy) is 1. The summed E-state index contributed by atoms with van der Waals surface area (Å²) >= 11 is 1.32. The second-order valence-corrected chi connectivity index (χ2v) is 8.34. The van der Waals surface area contributed by atoms with Crippen molar-refractivity contribution in [3.8, 4) is 27.6 Å². The number of thiazole rings is 1. The number of carbonyl (C=O) groups is 1. The highest BCUT2D eigenvalue weighted by atomic mass is 32.1. The Morgan fingerprint density at radius 1 is 1.31 bits per heavy atom. The van der Waals surface area contributed by atoms with E-state index in [4.69, 9.17) is 15.6 Å². The lowest BCUT2D eigenvalue weighted by molar-refractivity contribution is -0.0226. The highest BCUT2D eigenvalue weighted by molar-refractivity contribution is 7.13. The van der Waals surface area contributed by atoms with Gasteiger partial charge in [-0.3, -0.25) is 14.5 Å². The fraction of sp³-hybridized carbons (Fsp3) is 0.286. The van der Waals surface area contributed by atoms with Gasteiger partial charge in [-0.25, -0.2) is 14.1 Å². The largest absolute Gasteiger partial charge is 0.378 e. The molecule has 1 aliphatic carbocycles. The molecule has 4 heterocycles. The summed E-state index contributed by atoms with van der Waals surface area (Å²) in [5, 5.41) is 11.5. The Balaban J connectivity index is 1.50. The van der Waals surface area contributed by atoms with Crippen LogP contribution in [0.25, 0.3) is 27.6 Å². The van der Waals surface area contributed by atoms with Gasteiger partial charge in [0.1, 0.15) is 27.9 Å². The van der Waals surface area contributed by atoms with E-state index in [9.17, 15) is 9.18 Å². The van der Waals surface area contributed by atoms with Crippen molar-refractivity contribution in [2.75, 3.05) is 6.61 Å². The number of nitrogens with zero attached hydrogens (tertiary/aromatic N) is 6. The Labute approximate surface area is 186 Å². The number of carbonyl (C=O) groups excluding carboxylic acids is 1. The van der Waals surface area contributed by atoms with Crippen LogP contribution >= 0.6 is 11.3 Å². The normalized spacial score (nSPS) is 17.9. The van der Waals surface area contributed by atoms with Gasteiger partial charge in [-0.1, -0.05) is 0 Å². The number of aromatic nitrogens is 6. The Hall–Kier alpha value is -3.44. The number of pyridine rings is 1. The summed E-state index contributed by atoms with van der Waals surface area (Å²) in [6.07, 6.45) is 8.56. The molecule has 5 rings (SSSR count). The van der Waals surface area contributed by atoms with E-state index in [1.54, 1.807) is 22.3 Å². The molecule has 4 aromatic heterocycles. The summed E-state index contributed by atoms with van der Waals surface area (Å²) in [5.74, 6) is -0.986. The van der Waals surface area contributed by atoms with E-state index in [1.807, 2.05) is 24.0 Å². The SMILES string of the molecule is CCOC1CC(n2cc(-n3cc(-c4nc(C(N)=O)cs4)cn3)c(-c3ccc(F)cn3)n2)C1. The van der Waals surface area contributed by atoms with Crippen molar-refractivity contribution >= 4 is 17.2 Å². The molecule has 0 saturated heterocycles. The van der Waals surface area contributed by atoms with Crippen molar-refractivity contribution in [1.82, 2.24) is 29.5 Å². The fourth-order valence-corrected chi connectivity index (χ4v) is 4.43. The zero-order valence-corrected chi connectivity index (χ0v) is 18.0. The Bertz CT molecular complexity index is 1260. The van der Waals surface area contributed by atoms with Crippen LogP contribution < -0.4 is 5.73 Å². The molecule has 0 atom stereocenters. The molecular formula is C21H20FN7O2S. The number of rotatable bonds is 7. The van der Waals surface area contributed by atoms with E-state index in [0.717, 1.165) is 18.4 Å². The second kappa shape index (κ2) is 8.24. The van der Waals surface area contributed by atoms with Crippen LogP contribution in [0.3, 0.4) is 0 Å². The van der Waals surface area contributed by atoms with E-state index in [-0.39, 0.29) is 17.8 Å². The standard InChI is InChI=1S/C21H20FN7O2S/c1-2-31-15-5-14(6-15)28-10-18(19(27-28)16-4-3-13(22)8-24-16)29-9-12(7-25-29)21-26-17(11-32-21)20(23)30/h3-4,7-11,14-15H,2,5-6H2,1H3,(H2,23,30). The lowest BCUT2D eigenvalue weighted by Crippen LogP contribution is -2.33. The topological polar surface area (TPSA) is 114 Å². The summed E-state index contributed by atoms with van der Waals surface area (Å²) < 4.78 is 22.7. The Morgan fingerprint density at radius 2 is 2.16 bits per heavy atom. The Morgan fingerprint density at radius 3 is 2.84 bits per heavy atom. The first-order chi connectivity index (χ1) is 15.5. The molecule has 1 saturated carbocycles. The smallest absolute Gasteiger partial charge is 0.268 e. The van der Waals surface area contributed by atoms with Gasteiger partial charge in [-0.05, 0) is 31.9 Å². The molecule has 164 valence electrons. The van der Waals surface area contributed by atoms with Gasteiger partial charge in [0.15, 0.2) is 0 Å². The number of amides is 1. The van der Waals surface area contributed by atoms with Crippen molar-refractivity contribution in [3.63, 3.8) is 0 Å². The molecule has 32 heavy (non-hydrogen) atoms. The minimum atomic E-state index is -0.573. The first-order valence-corrected chi connectivity index (χ1v) is 11.0. The number of hydrogen-bond acceptors (Lipinski definition) is 7. The van der Waals surface area contributed by atoms with E-state index in [0.29, 0.717) is 28.7 Å². The maximum atomic E-state index is 13.4. The minimum Gasteiger partial charge on any atom is -0.378 e. The predicted molar refractivity (Wildman–Crippen MR) is 116 cm³/mol. The highest BCUT2D eigenvalue weighted by Gasteiger charge is 2.32. The molecule has 0 aliphatic heterocycles. The van der Waals surface area contributed by atoms with Crippen LogP contribution in [0, 0.1) is 5.82 Å². The second-order valence-electron chi connectivity index (χ2n) is 7.48. The monoisotopic (exact) mass is 453 g/mol. The van der Waals surface area contributed by atoms with Crippen LogP contribution in [0.5, 0.6) is 0 Å².